The Morgan fingerprint density at radius 1 is 1.20 bits per heavy atom. The standard InChI is InChI=1S/C25H36N2O3/c1-4-30-23(29)22-14-21(26-27-22)20-8-7-18-17-6-5-15-13-16(28)9-11-24(15,2)19(17)10-12-25(18,20)3/h13-14,16-20,28H,4-12H2,1-3H3,(H,26,27). The number of aromatic amines is 1. The Morgan fingerprint density at radius 2 is 2.03 bits per heavy atom. The topological polar surface area (TPSA) is 75.2 Å². The van der Waals surface area contributed by atoms with E-state index in [9.17, 15) is 9.90 Å². The van der Waals surface area contributed by atoms with Crippen molar-refractivity contribution in [3.05, 3.63) is 29.1 Å². The number of H-pyrrole nitrogens is 1. The molecule has 0 aromatic carbocycles. The molecule has 30 heavy (non-hydrogen) atoms. The lowest BCUT2D eigenvalue weighted by molar-refractivity contribution is -0.0465. The summed E-state index contributed by atoms with van der Waals surface area (Å²) in [5.74, 6) is 2.37. The number of carbonyl (C=O) groups excluding carboxylic acids is 1. The Kier molecular flexibility index (Phi) is 4.88. The fourth-order valence-electron chi connectivity index (χ4n) is 8.05. The van der Waals surface area contributed by atoms with Crippen molar-refractivity contribution in [2.45, 2.75) is 84.2 Å². The first-order valence-electron chi connectivity index (χ1n) is 12.0. The summed E-state index contributed by atoms with van der Waals surface area (Å²) in [6.07, 6.45) is 11.4. The largest absolute Gasteiger partial charge is 0.461 e. The van der Waals surface area contributed by atoms with Gasteiger partial charge in [0.25, 0.3) is 0 Å². The van der Waals surface area contributed by atoms with Gasteiger partial charge in [-0.05, 0) is 92.9 Å². The number of nitrogens with one attached hydrogen (secondary N) is 1. The number of carbonyl (C=O) groups is 1. The summed E-state index contributed by atoms with van der Waals surface area (Å²) in [7, 11) is 0. The van der Waals surface area contributed by atoms with Crippen LogP contribution in [0.3, 0.4) is 0 Å². The van der Waals surface area contributed by atoms with Crippen LogP contribution >= 0.6 is 0 Å². The first kappa shape index (κ1) is 20.3. The highest BCUT2D eigenvalue weighted by molar-refractivity contribution is 5.87. The van der Waals surface area contributed by atoms with E-state index < -0.39 is 0 Å². The first-order chi connectivity index (χ1) is 14.4. The van der Waals surface area contributed by atoms with Crippen LogP contribution in [-0.4, -0.2) is 34.0 Å². The predicted molar refractivity (Wildman–Crippen MR) is 115 cm³/mol. The molecule has 1 heterocycles. The highest BCUT2D eigenvalue weighted by atomic mass is 16.5. The molecule has 5 nitrogen and oxygen atoms in total. The summed E-state index contributed by atoms with van der Waals surface area (Å²) >= 11 is 0. The van der Waals surface area contributed by atoms with Gasteiger partial charge in [0.1, 0.15) is 0 Å². The number of aromatic nitrogens is 2. The Morgan fingerprint density at radius 3 is 2.83 bits per heavy atom. The maximum Gasteiger partial charge on any atom is 0.358 e. The molecule has 7 atom stereocenters. The Balaban J connectivity index is 1.40. The molecule has 4 aliphatic rings. The molecule has 5 rings (SSSR count). The molecule has 164 valence electrons. The summed E-state index contributed by atoms with van der Waals surface area (Å²) in [4.78, 5) is 12.1. The molecular formula is C25H36N2O3. The Bertz CT molecular complexity index is 860. The van der Waals surface area contributed by atoms with E-state index in [-0.39, 0.29) is 22.9 Å². The molecule has 1 aromatic rings. The molecule has 0 radical (unpaired) electrons. The molecule has 2 N–H and O–H groups in total. The molecule has 0 bridgehead atoms. The number of aliphatic hydroxyl groups is 1. The van der Waals surface area contributed by atoms with E-state index >= 15 is 0 Å². The van der Waals surface area contributed by atoms with Crippen molar-refractivity contribution >= 4 is 5.97 Å². The SMILES string of the molecule is CCOC(=O)c1cc(C2CCC3C4CCC5=CC(O)CCC5(C)C4CCC23C)[nH]n1. The van der Waals surface area contributed by atoms with Crippen molar-refractivity contribution in [2.75, 3.05) is 6.61 Å². The van der Waals surface area contributed by atoms with Crippen molar-refractivity contribution in [1.29, 1.82) is 0 Å². The Hall–Kier alpha value is -1.62. The molecule has 0 aliphatic heterocycles. The Labute approximate surface area is 179 Å². The molecule has 3 fully saturated rings. The van der Waals surface area contributed by atoms with Crippen LogP contribution in [0.15, 0.2) is 17.7 Å². The zero-order valence-electron chi connectivity index (χ0n) is 18.6. The first-order valence-corrected chi connectivity index (χ1v) is 12.0. The van der Waals surface area contributed by atoms with E-state index in [1.54, 1.807) is 0 Å². The van der Waals surface area contributed by atoms with Gasteiger partial charge >= 0.3 is 5.97 Å². The van der Waals surface area contributed by atoms with Crippen LogP contribution in [-0.2, 0) is 4.74 Å². The molecular weight excluding hydrogens is 376 g/mol. The monoisotopic (exact) mass is 412 g/mol. The fourth-order valence-corrected chi connectivity index (χ4v) is 8.05. The summed E-state index contributed by atoms with van der Waals surface area (Å²) < 4.78 is 5.13. The van der Waals surface area contributed by atoms with E-state index in [0.717, 1.165) is 42.7 Å². The summed E-state index contributed by atoms with van der Waals surface area (Å²) in [6.45, 7) is 7.18. The normalized spacial score (nSPS) is 42.7. The van der Waals surface area contributed by atoms with Crippen LogP contribution < -0.4 is 0 Å². The van der Waals surface area contributed by atoms with Gasteiger partial charge in [-0.15, -0.1) is 0 Å². The predicted octanol–water partition coefficient (Wildman–Crippen LogP) is 4.99. The number of hydrogen-bond donors (Lipinski definition) is 2. The van der Waals surface area contributed by atoms with Crippen molar-refractivity contribution < 1.29 is 14.6 Å². The van der Waals surface area contributed by atoms with Gasteiger partial charge in [0.2, 0.25) is 0 Å². The van der Waals surface area contributed by atoms with Gasteiger partial charge in [0.05, 0.1) is 12.7 Å². The molecule has 0 saturated heterocycles. The average Bonchev–Trinajstić information content (AvgIpc) is 3.33. The van der Waals surface area contributed by atoms with Crippen LogP contribution in [0.2, 0.25) is 0 Å². The van der Waals surface area contributed by atoms with Crippen LogP contribution in [0.25, 0.3) is 0 Å². The molecule has 0 amide bonds. The number of allylic oxidation sites excluding steroid dienone is 1. The zero-order valence-corrected chi connectivity index (χ0v) is 18.6. The number of hydrogen-bond acceptors (Lipinski definition) is 4. The maximum atomic E-state index is 12.1. The van der Waals surface area contributed by atoms with E-state index in [1.807, 2.05) is 13.0 Å². The highest BCUT2D eigenvalue weighted by Crippen LogP contribution is 2.68. The molecule has 1 aromatic heterocycles. The number of esters is 1. The number of nitrogens with zero attached hydrogens (tertiary/aromatic N) is 1. The van der Waals surface area contributed by atoms with E-state index in [2.05, 4.69) is 30.1 Å². The molecule has 4 aliphatic carbocycles. The van der Waals surface area contributed by atoms with E-state index in [0.29, 0.717) is 18.2 Å². The highest BCUT2D eigenvalue weighted by Gasteiger charge is 2.59. The third kappa shape index (κ3) is 2.91. The second kappa shape index (κ2) is 7.22. The summed E-state index contributed by atoms with van der Waals surface area (Å²) in [5.41, 5.74) is 3.62. The van der Waals surface area contributed by atoms with Gasteiger partial charge < -0.3 is 9.84 Å². The van der Waals surface area contributed by atoms with Crippen LogP contribution in [0, 0.1) is 28.6 Å². The summed E-state index contributed by atoms with van der Waals surface area (Å²) in [6, 6.07) is 1.94. The summed E-state index contributed by atoms with van der Waals surface area (Å²) in [5, 5.41) is 17.6. The van der Waals surface area contributed by atoms with E-state index in [1.165, 1.54) is 37.7 Å². The minimum absolute atomic E-state index is 0.233. The van der Waals surface area contributed by atoms with E-state index in [4.69, 9.17) is 4.74 Å². The van der Waals surface area contributed by atoms with Gasteiger partial charge in [0.15, 0.2) is 5.69 Å². The lowest BCUT2D eigenvalue weighted by Gasteiger charge is -2.58. The number of aliphatic hydroxyl groups excluding tert-OH is 1. The zero-order chi connectivity index (χ0) is 21.1. The van der Waals surface area contributed by atoms with Crippen molar-refractivity contribution in [3.8, 4) is 0 Å². The maximum absolute atomic E-state index is 12.1. The lowest BCUT2D eigenvalue weighted by atomic mass is 9.46. The lowest BCUT2D eigenvalue weighted by Crippen LogP contribution is -2.50. The smallest absolute Gasteiger partial charge is 0.358 e. The van der Waals surface area contributed by atoms with Gasteiger partial charge in [-0.1, -0.05) is 25.5 Å². The van der Waals surface area contributed by atoms with Crippen LogP contribution in [0.1, 0.15) is 94.2 Å². The molecule has 0 spiro atoms. The minimum atomic E-state index is -0.331. The molecule has 3 saturated carbocycles. The number of fused-ring (bicyclic) bond motifs is 5. The molecule has 5 heteroatoms. The van der Waals surface area contributed by atoms with Crippen LogP contribution in [0.4, 0.5) is 0 Å². The van der Waals surface area contributed by atoms with Gasteiger partial charge in [-0.3, -0.25) is 5.10 Å². The minimum Gasteiger partial charge on any atom is -0.461 e. The number of ether oxygens (including phenoxy) is 1. The third-order valence-electron chi connectivity index (χ3n) is 9.55. The van der Waals surface area contributed by atoms with Gasteiger partial charge in [0, 0.05) is 11.6 Å². The quantitative estimate of drug-likeness (QED) is 0.541. The second-order valence-electron chi connectivity index (χ2n) is 10.7. The third-order valence-corrected chi connectivity index (χ3v) is 9.55. The van der Waals surface area contributed by atoms with Crippen LogP contribution in [0.5, 0.6) is 0 Å². The van der Waals surface area contributed by atoms with Gasteiger partial charge in [-0.2, -0.15) is 5.10 Å². The second-order valence-corrected chi connectivity index (χ2v) is 10.7. The van der Waals surface area contributed by atoms with Gasteiger partial charge in [-0.25, -0.2) is 4.79 Å². The fraction of sp³-hybridized carbons (Fsp3) is 0.760. The van der Waals surface area contributed by atoms with Crippen molar-refractivity contribution in [1.82, 2.24) is 10.2 Å². The number of rotatable bonds is 3. The van der Waals surface area contributed by atoms with Crippen molar-refractivity contribution in [3.63, 3.8) is 0 Å². The van der Waals surface area contributed by atoms with Crippen molar-refractivity contribution in [2.24, 2.45) is 28.6 Å². The molecule has 7 unspecified atom stereocenters. The average molecular weight is 413 g/mol.